The minimum absolute atomic E-state index is 0.0220. The lowest BCUT2D eigenvalue weighted by molar-refractivity contribution is -0.197. The van der Waals surface area contributed by atoms with E-state index < -0.39 is 74.3 Å². The number of hydrogen-bond donors (Lipinski definition) is 4. The summed E-state index contributed by atoms with van der Waals surface area (Å²) in [6, 6.07) is 14.4. The van der Waals surface area contributed by atoms with Crippen molar-refractivity contribution in [2.45, 2.75) is 63.4 Å². The minimum atomic E-state index is -1.20. The number of nitrogens with one attached hydrogen (secondary N) is 2. The Hall–Kier alpha value is -4.62. The molecule has 3 atom stereocenters. The molecule has 0 aromatic heterocycles. The van der Waals surface area contributed by atoms with Crippen molar-refractivity contribution >= 4 is 83.3 Å². The highest BCUT2D eigenvalue weighted by Crippen LogP contribution is 2.24. The fourth-order valence-corrected chi connectivity index (χ4v) is 7.29. The molecule has 272 valence electrons. The molecule has 2 fully saturated rings. The van der Waals surface area contributed by atoms with Crippen LogP contribution in [0.15, 0.2) is 60.7 Å². The van der Waals surface area contributed by atoms with E-state index in [9.17, 15) is 38.8 Å². The summed E-state index contributed by atoms with van der Waals surface area (Å²) in [5, 5.41) is 26.7. The van der Waals surface area contributed by atoms with Gasteiger partial charge in [0.2, 0.25) is 5.91 Å². The van der Waals surface area contributed by atoms with Crippen molar-refractivity contribution in [2.75, 3.05) is 6.54 Å². The summed E-state index contributed by atoms with van der Waals surface area (Å²) in [5.41, 5.74) is 3.65. The third-order valence-electron chi connectivity index (χ3n) is 9.68. The number of hydrogen-bond acceptors (Lipinski definition) is 11. The van der Waals surface area contributed by atoms with Crippen molar-refractivity contribution in [1.82, 2.24) is 20.6 Å². The van der Waals surface area contributed by atoms with Crippen LogP contribution in [0.2, 0.25) is 0 Å². The maximum atomic E-state index is 14.2. The Morgan fingerprint density at radius 3 is 2.13 bits per heavy atom. The standard InChI is InChI=1S/C35H33B2IN4O11/c38-24-7-1-19(2-8-24)11-25(15-32(45)53-42-30(43)9-10-31(42)44)39-34(47)29-14-26(40-33(46)20-3-5-22-17-51-36(49)27(22)12-20)16-41(29)35(48)21-4-6-23-18-52-37(50)28(23)13-21/h1-8,12-13,25-26,29,49-50H,9-11,14-18H2,(H,39,47)(H,40,46)/t25-,26+,29-/m0/s1. The van der Waals surface area contributed by atoms with Gasteiger partial charge in [0.15, 0.2) is 0 Å². The number of benzene rings is 3. The molecule has 2 saturated heterocycles. The molecule has 18 heteroatoms. The molecule has 3 aromatic carbocycles. The summed E-state index contributed by atoms with van der Waals surface area (Å²) < 4.78 is 11.5. The van der Waals surface area contributed by atoms with Crippen LogP contribution in [0.4, 0.5) is 0 Å². The van der Waals surface area contributed by atoms with Crippen LogP contribution in [0.1, 0.15) is 63.1 Å². The van der Waals surface area contributed by atoms with Gasteiger partial charge in [-0.05, 0) is 99.4 Å². The predicted octanol–water partition coefficient (Wildman–Crippen LogP) is -0.535. The van der Waals surface area contributed by atoms with E-state index in [1.165, 1.54) is 11.0 Å². The van der Waals surface area contributed by atoms with Crippen LogP contribution in [0.5, 0.6) is 0 Å². The van der Waals surface area contributed by atoms with E-state index in [0.717, 1.165) is 20.3 Å². The second kappa shape index (κ2) is 15.4. The molecule has 3 aromatic rings. The molecular weight excluding hydrogens is 801 g/mol. The molecule has 4 aliphatic heterocycles. The Balaban J connectivity index is 1.12. The largest absolute Gasteiger partial charge is 0.491 e. The van der Waals surface area contributed by atoms with Crippen molar-refractivity contribution in [3.63, 3.8) is 0 Å². The molecule has 0 saturated carbocycles. The molecule has 0 spiro atoms. The molecule has 0 aliphatic carbocycles. The van der Waals surface area contributed by atoms with Crippen molar-refractivity contribution in [1.29, 1.82) is 0 Å². The first-order chi connectivity index (χ1) is 25.4. The van der Waals surface area contributed by atoms with Gasteiger partial charge in [0, 0.05) is 46.2 Å². The summed E-state index contributed by atoms with van der Waals surface area (Å²) in [6.07, 6.45) is -0.341. The maximum absolute atomic E-state index is 14.2. The van der Waals surface area contributed by atoms with Crippen molar-refractivity contribution < 1.29 is 53.0 Å². The SMILES string of the molecule is O=C(C[C@H](Cc1ccc(I)cc1)NC(=O)[C@@H]1C[C@@H](NC(=O)c2ccc3c(c2)B(O)OC3)CN1C(=O)c1ccc2c(c1)B(O)OC2)ON1C(=O)CCC1=O. The normalized spacial score (nSPS) is 19.7. The Morgan fingerprint density at radius 1 is 0.887 bits per heavy atom. The zero-order valence-electron chi connectivity index (χ0n) is 28.2. The van der Waals surface area contributed by atoms with Crippen molar-refractivity contribution in [2.24, 2.45) is 0 Å². The van der Waals surface area contributed by atoms with Gasteiger partial charge in [-0.1, -0.05) is 24.3 Å². The molecule has 4 aliphatic rings. The number of likely N-dealkylation sites (tertiary alicyclic amines) is 1. The summed E-state index contributed by atoms with van der Waals surface area (Å²) in [5.74, 6) is -3.78. The van der Waals surface area contributed by atoms with Crippen molar-refractivity contribution in [3.8, 4) is 0 Å². The molecule has 7 rings (SSSR count). The van der Waals surface area contributed by atoms with E-state index in [0.29, 0.717) is 16.0 Å². The summed E-state index contributed by atoms with van der Waals surface area (Å²) in [6.45, 7) is 0.361. The monoisotopic (exact) mass is 834 g/mol. The van der Waals surface area contributed by atoms with Crippen molar-refractivity contribution in [3.05, 3.63) is 92.1 Å². The number of carbonyl (C=O) groups excluding carboxylic acids is 6. The first-order valence-corrected chi connectivity index (χ1v) is 18.1. The molecule has 0 bridgehead atoms. The van der Waals surface area contributed by atoms with E-state index in [1.807, 2.05) is 24.3 Å². The average Bonchev–Trinajstić information content (AvgIpc) is 3.92. The van der Waals surface area contributed by atoms with Crippen LogP contribution in [0.3, 0.4) is 0 Å². The first kappa shape index (κ1) is 36.7. The number of imide groups is 1. The Morgan fingerprint density at radius 2 is 1.49 bits per heavy atom. The van der Waals surface area contributed by atoms with Gasteiger partial charge in [-0.15, -0.1) is 5.06 Å². The molecular formula is C35H33B2IN4O11. The summed E-state index contributed by atoms with van der Waals surface area (Å²) in [7, 11) is -2.35. The molecule has 53 heavy (non-hydrogen) atoms. The fourth-order valence-electron chi connectivity index (χ4n) is 6.93. The number of fused-ring (bicyclic) bond motifs is 2. The topological polar surface area (TPSA) is 201 Å². The van der Waals surface area contributed by atoms with Gasteiger partial charge in [0.25, 0.3) is 23.6 Å². The van der Waals surface area contributed by atoms with E-state index in [2.05, 4.69) is 33.2 Å². The average molecular weight is 834 g/mol. The van der Waals surface area contributed by atoms with Gasteiger partial charge in [-0.2, -0.15) is 0 Å². The molecule has 5 amide bonds. The number of carbonyl (C=O) groups is 6. The van der Waals surface area contributed by atoms with Gasteiger partial charge in [-0.25, -0.2) is 4.79 Å². The quantitative estimate of drug-likeness (QED) is 0.116. The predicted molar refractivity (Wildman–Crippen MR) is 195 cm³/mol. The number of halogens is 1. The smallest absolute Gasteiger partial charge is 0.423 e. The third kappa shape index (κ3) is 8.01. The minimum Gasteiger partial charge on any atom is -0.423 e. The van der Waals surface area contributed by atoms with Crippen LogP contribution >= 0.6 is 22.6 Å². The van der Waals surface area contributed by atoms with Crippen LogP contribution in [-0.2, 0) is 53.0 Å². The van der Waals surface area contributed by atoms with Gasteiger partial charge < -0.3 is 39.7 Å². The molecule has 0 radical (unpaired) electrons. The number of rotatable bonds is 10. The highest BCUT2D eigenvalue weighted by Gasteiger charge is 2.42. The third-order valence-corrected chi connectivity index (χ3v) is 10.4. The lowest BCUT2D eigenvalue weighted by atomic mass is 9.78. The van der Waals surface area contributed by atoms with Crippen LogP contribution in [0, 0.1) is 3.57 Å². The molecule has 4 N–H and O–H groups in total. The molecule has 0 unspecified atom stereocenters. The molecule has 4 heterocycles. The second-order valence-electron chi connectivity index (χ2n) is 13.3. The highest BCUT2D eigenvalue weighted by atomic mass is 127. The second-order valence-corrected chi connectivity index (χ2v) is 14.6. The van der Waals surface area contributed by atoms with E-state index >= 15 is 0 Å². The Labute approximate surface area is 317 Å². The fraction of sp³-hybridized carbons (Fsp3) is 0.314. The van der Waals surface area contributed by atoms with Gasteiger partial charge in [0.05, 0.1) is 19.6 Å². The maximum Gasteiger partial charge on any atom is 0.491 e. The van der Waals surface area contributed by atoms with Crippen LogP contribution < -0.4 is 21.6 Å². The molecule has 15 nitrogen and oxygen atoms in total. The van der Waals surface area contributed by atoms with Crippen LogP contribution in [0.25, 0.3) is 0 Å². The lowest BCUT2D eigenvalue weighted by Gasteiger charge is -2.27. The van der Waals surface area contributed by atoms with Gasteiger partial charge in [0.1, 0.15) is 6.04 Å². The summed E-state index contributed by atoms with van der Waals surface area (Å²) >= 11 is 2.15. The zero-order chi connectivity index (χ0) is 37.4. The number of nitrogens with zero attached hydrogens (tertiary/aromatic N) is 2. The number of hydroxylamine groups is 2. The first-order valence-electron chi connectivity index (χ1n) is 17.0. The highest BCUT2D eigenvalue weighted by molar-refractivity contribution is 14.1. The Kier molecular flexibility index (Phi) is 10.7. The van der Waals surface area contributed by atoms with E-state index in [1.54, 1.807) is 30.3 Å². The van der Waals surface area contributed by atoms with E-state index in [4.69, 9.17) is 14.1 Å². The van der Waals surface area contributed by atoms with Gasteiger partial charge in [-0.3, -0.25) is 24.0 Å². The zero-order valence-corrected chi connectivity index (χ0v) is 30.3. The number of amides is 5. The van der Waals surface area contributed by atoms with E-state index in [-0.39, 0.29) is 56.6 Å². The van der Waals surface area contributed by atoms with Gasteiger partial charge >= 0.3 is 20.2 Å². The lowest BCUT2D eigenvalue weighted by Crippen LogP contribution is -2.50. The summed E-state index contributed by atoms with van der Waals surface area (Å²) in [4.78, 5) is 85.4. The Bertz CT molecular complexity index is 1980. The van der Waals surface area contributed by atoms with Crippen LogP contribution in [-0.4, -0.2) is 94.4 Å².